The van der Waals surface area contributed by atoms with Crippen LogP contribution in [0.2, 0.25) is 0 Å². The number of hydrogen-bond acceptors (Lipinski definition) is 1. The molecule has 1 nitrogen and oxygen atoms in total. The molecule has 0 atom stereocenters. The fourth-order valence-electron chi connectivity index (χ4n) is 3.55. The summed E-state index contributed by atoms with van der Waals surface area (Å²) >= 11 is 3.70. The Morgan fingerprint density at radius 2 is 1.22 bits per heavy atom. The van der Waals surface area contributed by atoms with Crippen molar-refractivity contribution in [3.63, 3.8) is 0 Å². The molecule has 0 aliphatic heterocycles. The maximum absolute atomic E-state index is 4.14. The highest BCUT2D eigenvalue weighted by Gasteiger charge is 2.12. The molecule has 0 aliphatic carbocycles. The summed E-state index contributed by atoms with van der Waals surface area (Å²) in [4.78, 5) is 4.14. The molecule has 1 heterocycles. The number of hydrogen-bond donors (Lipinski definition) is 0. The van der Waals surface area contributed by atoms with Crippen LogP contribution in [-0.4, -0.2) is 4.98 Å². The molecule has 4 aromatic carbocycles. The average molecular weight is 358 g/mol. The number of nitrogens with zero attached hydrogens (tertiary/aromatic N) is 1. The van der Waals surface area contributed by atoms with Crippen LogP contribution in [0.15, 0.2) is 77.5 Å². The number of halogens is 1. The zero-order chi connectivity index (χ0) is 15.4. The SMILES string of the molecule is Brc1ccc2ccc3c(-c4ccncc4)ccc4ccc1c2c43. The first kappa shape index (κ1) is 13.0. The quantitative estimate of drug-likeness (QED) is 0.316. The second-order valence-corrected chi connectivity index (χ2v) is 6.67. The van der Waals surface area contributed by atoms with Gasteiger partial charge in [-0.25, -0.2) is 0 Å². The van der Waals surface area contributed by atoms with E-state index in [1.807, 2.05) is 12.4 Å². The summed E-state index contributed by atoms with van der Waals surface area (Å²) in [6, 6.07) is 21.8. The van der Waals surface area contributed by atoms with Crippen LogP contribution in [0.25, 0.3) is 43.4 Å². The summed E-state index contributed by atoms with van der Waals surface area (Å²) in [5, 5.41) is 7.82. The largest absolute Gasteiger partial charge is 0.265 e. The third kappa shape index (κ3) is 1.82. The van der Waals surface area contributed by atoms with Crippen molar-refractivity contribution in [1.82, 2.24) is 4.98 Å². The van der Waals surface area contributed by atoms with E-state index in [1.54, 1.807) is 0 Å². The van der Waals surface area contributed by atoms with E-state index in [2.05, 4.69) is 81.6 Å². The maximum Gasteiger partial charge on any atom is 0.0273 e. The molecule has 0 unspecified atom stereocenters. The fraction of sp³-hybridized carbons (Fsp3) is 0. The van der Waals surface area contributed by atoms with Crippen LogP contribution in [-0.2, 0) is 0 Å². The first-order valence-corrected chi connectivity index (χ1v) is 8.39. The van der Waals surface area contributed by atoms with E-state index >= 15 is 0 Å². The Morgan fingerprint density at radius 1 is 0.609 bits per heavy atom. The van der Waals surface area contributed by atoms with Gasteiger partial charge in [-0.2, -0.15) is 0 Å². The molecule has 0 N–H and O–H groups in total. The van der Waals surface area contributed by atoms with Crippen molar-refractivity contribution in [3.8, 4) is 11.1 Å². The second kappa shape index (κ2) is 4.77. The number of rotatable bonds is 1. The topological polar surface area (TPSA) is 12.9 Å². The first-order valence-electron chi connectivity index (χ1n) is 7.59. The van der Waals surface area contributed by atoms with Crippen molar-refractivity contribution >= 4 is 48.2 Å². The minimum Gasteiger partial charge on any atom is -0.265 e. The average Bonchev–Trinajstić information content (AvgIpc) is 2.62. The zero-order valence-electron chi connectivity index (χ0n) is 12.3. The smallest absolute Gasteiger partial charge is 0.0273 e. The van der Waals surface area contributed by atoms with Gasteiger partial charge < -0.3 is 0 Å². The predicted molar refractivity (Wildman–Crippen MR) is 101 cm³/mol. The lowest BCUT2D eigenvalue weighted by Gasteiger charge is -2.14. The van der Waals surface area contributed by atoms with Gasteiger partial charge in [0.1, 0.15) is 0 Å². The summed E-state index contributed by atoms with van der Waals surface area (Å²) in [6.07, 6.45) is 3.70. The van der Waals surface area contributed by atoms with Gasteiger partial charge in [0.25, 0.3) is 0 Å². The Balaban J connectivity index is 2.03. The molecule has 0 spiro atoms. The van der Waals surface area contributed by atoms with Crippen molar-refractivity contribution in [3.05, 3.63) is 77.5 Å². The standard InChI is InChI=1S/C21H12BrN/c22-19-8-4-15-2-6-17-16(13-9-11-23-12-10-13)5-1-14-3-7-18(19)21(15)20(14)17/h1-12H. The summed E-state index contributed by atoms with van der Waals surface area (Å²) in [7, 11) is 0. The molecule has 2 heteroatoms. The Hall–Kier alpha value is -2.45. The summed E-state index contributed by atoms with van der Waals surface area (Å²) in [5.41, 5.74) is 2.46. The molecule has 0 aliphatic rings. The van der Waals surface area contributed by atoms with E-state index in [0.29, 0.717) is 0 Å². The molecule has 1 aromatic heterocycles. The van der Waals surface area contributed by atoms with Crippen LogP contribution in [0.4, 0.5) is 0 Å². The molecule has 0 radical (unpaired) electrons. The van der Waals surface area contributed by atoms with Crippen molar-refractivity contribution < 1.29 is 0 Å². The van der Waals surface area contributed by atoms with Crippen molar-refractivity contribution in [2.24, 2.45) is 0 Å². The van der Waals surface area contributed by atoms with Gasteiger partial charge in [0.05, 0.1) is 0 Å². The third-order valence-corrected chi connectivity index (χ3v) is 5.29. The van der Waals surface area contributed by atoms with Crippen LogP contribution >= 0.6 is 15.9 Å². The van der Waals surface area contributed by atoms with Crippen molar-refractivity contribution in [1.29, 1.82) is 0 Å². The van der Waals surface area contributed by atoms with Gasteiger partial charge >= 0.3 is 0 Å². The Kier molecular flexibility index (Phi) is 2.70. The highest BCUT2D eigenvalue weighted by Crippen LogP contribution is 2.40. The number of pyridine rings is 1. The number of aromatic nitrogens is 1. The van der Waals surface area contributed by atoms with Crippen LogP contribution in [0.5, 0.6) is 0 Å². The molecule has 0 saturated carbocycles. The molecule has 0 fully saturated rings. The molecule has 0 bridgehead atoms. The van der Waals surface area contributed by atoms with Crippen LogP contribution in [0, 0.1) is 0 Å². The summed E-state index contributed by atoms with van der Waals surface area (Å²) in [5.74, 6) is 0. The normalized spacial score (nSPS) is 11.7. The van der Waals surface area contributed by atoms with E-state index < -0.39 is 0 Å². The van der Waals surface area contributed by atoms with E-state index in [-0.39, 0.29) is 0 Å². The molecular formula is C21H12BrN. The van der Waals surface area contributed by atoms with E-state index in [4.69, 9.17) is 0 Å². The minimum atomic E-state index is 1.15. The van der Waals surface area contributed by atoms with Crippen molar-refractivity contribution in [2.75, 3.05) is 0 Å². The highest BCUT2D eigenvalue weighted by atomic mass is 79.9. The molecular weight excluding hydrogens is 346 g/mol. The maximum atomic E-state index is 4.14. The lowest BCUT2D eigenvalue weighted by molar-refractivity contribution is 1.33. The fourth-order valence-corrected chi connectivity index (χ4v) is 4.01. The molecule has 5 aromatic rings. The van der Waals surface area contributed by atoms with E-state index in [9.17, 15) is 0 Å². The molecule has 5 rings (SSSR count). The predicted octanol–water partition coefficient (Wildman–Crippen LogP) is 6.41. The lowest BCUT2D eigenvalue weighted by atomic mass is 9.90. The monoisotopic (exact) mass is 357 g/mol. The van der Waals surface area contributed by atoms with Gasteiger partial charge in [-0.15, -0.1) is 0 Å². The second-order valence-electron chi connectivity index (χ2n) is 5.82. The van der Waals surface area contributed by atoms with Crippen LogP contribution in [0.3, 0.4) is 0 Å². The van der Waals surface area contributed by atoms with Crippen LogP contribution in [0.1, 0.15) is 0 Å². The third-order valence-electron chi connectivity index (χ3n) is 4.60. The van der Waals surface area contributed by atoms with E-state index in [0.717, 1.165) is 4.47 Å². The summed E-state index contributed by atoms with van der Waals surface area (Å²) < 4.78 is 1.15. The Morgan fingerprint density at radius 3 is 2.00 bits per heavy atom. The summed E-state index contributed by atoms with van der Waals surface area (Å²) in [6.45, 7) is 0. The van der Waals surface area contributed by atoms with Crippen LogP contribution < -0.4 is 0 Å². The molecule has 0 saturated heterocycles. The Labute approximate surface area is 142 Å². The van der Waals surface area contributed by atoms with Gasteiger partial charge in [-0.3, -0.25) is 4.98 Å². The van der Waals surface area contributed by atoms with E-state index in [1.165, 1.54) is 43.4 Å². The number of benzene rings is 4. The minimum absolute atomic E-state index is 1.15. The molecule has 108 valence electrons. The van der Waals surface area contributed by atoms with Gasteiger partial charge in [-0.05, 0) is 61.6 Å². The first-order chi connectivity index (χ1) is 11.3. The Bertz CT molecular complexity index is 1160. The van der Waals surface area contributed by atoms with Gasteiger partial charge in [0, 0.05) is 16.9 Å². The van der Waals surface area contributed by atoms with Gasteiger partial charge in [-0.1, -0.05) is 58.4 Å². The lowest BCUT2D eigenvalue weighted by Crippen LogP contribution is -1.87. The van der Waals surface area contributed by atoms with Gasteiger partial charge in [0.2, 0.25) is 0 Å². The zero-order valence-corrected chi connectivity index (χ0v) is 13.8. The molecule has 0 amide bonds. The highest BCUT2D eigenvalue weighted by molar-refractivity contribution is 9.10. The van der Waals surface area contributed by atoms with Crippen molar-refractivity contribution in [2.45, 2.75) is 0 Å². The van der Waals surface area contributed by atoms with Gasteiger partial charge in [0.15, 0.2) is 0 Å². The molecule has 23 heavy (non-hydrogen) atoms.